The molecule has 0 aromatic heterocycles. The van der Waals surface area contributed by atoms with E-state index in [4.69, 9.17) is 10.2 Å². The van der Waals surface area contributed by atoms with Crippen molar-refractivity contribution in [2.24, 2.45) is 0 Å². The molecule has 2 aliphatic rings. The number of halogens is 2. The predicted molar refractivity (Wildman–Crippen MR) is 70.7 cm³/mol. The lowest BCUT2D eigenvalue weighted by molar-refractivity contribution is 0.166. The summed E-state index contributed by atoms with van der Waals surface area (Å²) in [6.45, 7) is 5.94. The van der Waals surface area contributed by atoms with Crippen LogP contribution < -0.4 is 10.6 Å². The molecule has 0 aliphatic carbocycles. The maximum atomic E-state index is 8.94. The Hall–Kier alpha value is 0.420. The summed E-state index contributed by atoms with van der Waals surface area (Å²) >= 11 is 0. The van der Waals surface area contributed by atoms with Gasteiger partial charge in [0.1, 0.15) is 0 Å². The van der Waals surface area contributed by atoms with Crippen LogP contribution in [0.25, 0.3) is 0 Å². The van der Waals surface area contributed by atoms with Crippen molar-refractivity contribution in [3.8, 4) is 0 Å². The van der Waals surface area contributed by atoms with Gasteiger partial charge in [-0.3, -0.25) is 0 Å². The monoisotopic (exact) mass is 274 g/mol. The van der Waals surface area contributed by atoms with Gasteiger partial charge >= 0.3 is 0 Å². The van der Waals surface area contributed by atoms with Crippen molar-refractivity contribution in [3.63, 3.8) is 0 Å². The molecule has 4 nitrogen and oxygen atoms in total. The zero-order valence-corrected chi connectivity index (χ0v) is 11.5. The van der Waals surface area contributed by atoms with Gasteiger partial charge in [0.25, 0.3) is 0 Å². The predicted octanol–water partition coefficient (Wildman–Crippen LogP) is 0.302. The van der Waals surface area contributed by atoms with Crippen LogP contribution in [0.5, 0.6) is 0 Å². The average Bonchev–Trinajstić information content (AvgIpc) is 2.67. The molecule has 0 radical (unpaired) electrons. The molecule has 4 atom stereocenters. The summed E-state index contributed by atoms with van der Waals surface area (Å²) in [7, 11) is 0. The first-order chi connectivity index (χ1) is 6.61. The quantitative estimate of drug-likeness (QED) is 0.513. The van der Waals surface area contributed by atoms with Crippen molar-refractivity contribution < 1.29 is 10.2 Å². The molecule has 2 fully saturated rings. The van der Waals surface area contributed by atoms with E-state index in [1.54, 1.807) is 0 Å². The first kappa shape index (κ1) is 18.8. The molecule has 0 saturated carbocycles. The van der Waals surface area contributed by atoms with Gasteiger partial charge in [-0.25, -0.2) is 0 Å². The molecule has 16 heavy (non-hydrogen) atoms. The summed E-state index contributed by atoms with van der Waals surface area (Å²) in [4.78, 5) is 0. The highest BCUT2D eigenvalue weighted by Crippen LogP contribution is 2.04. The Morgan fingerprint density at radius 1 is 0.812 bits per heavy atom. The van der Waals surface area contributed by atoms with E-state index in [1.807, 2.05) is 13.8 Å². The summed E-state index contributed by atoms with van der Waals surface area (Å²) in [5.74, 6) is 0. The Morgan fingerprint density at radius 3 is 1.19 bits per heavy atom. The molecule has 2 rings (SSSR count). The van der Waals surface area contributed by atoms with Gasteiger partial charge in [0.15, 0.2) is 0 Å². The fourth-order valence-electron chi connectivity index (χ4n) is 1.69. The minimum atomic E-state index is -0.0972. The van der Waals surface area contributed by atoms with Crippen LogP contribution in [-0.2, 0) is 0 Å². The van der Waals surface area contributed by atoms with E-state index in [9.17, 15) is 0 Å². The smallest absolute Gasteiger partial charge is 0.0702 e. The van der Waals surface area contributed by atoms with Crippen molar-refractivity contribution >= 4 is 24.8 Å². The van der Waals surface area contributed by atoms with Gasteiger partial charge in [0, 0.05) is 12.1 Å². The Balaban J connectivity index is 0. The zero-order valence-electron chi connectivity index (χ0n) is 9.85. The fourth-order valence-corrected chi connectivity index (χ4v) is 1.69. The molecule has 0 bridgehead atoms. The molecule has 0 spiro atoms. The topological polar surface area (TPSA) is 64.5 Å². The van der Waals surface area contributed by atoms with Crippen LogP contribution in [0.2, 0.25) is 0 Å². The molecule has 0 aromatic rings. The van der Waals surface area contributed by atoms with Crippen LogP contribution in [0.15, 0.2) is 0 Å². The van der Waals surface area contributed by atoms with Gasteiger partial charge < -0.3 is 20.8 Å². The van der Waals surface area contributed by atoms with Gasteiger partial charge in [-0.2, -0.15) is 0 Å². The summed E-state index contributed by atoms with van der Waals surface area (Å²) < 4.78 is 0. The second kappa shape index (κ2) is 9.45. The summed E-state index contributed by atoms with van der Waals surface area (Å²) in [5, 5.41) is 24.1. The number of rotatable bonds is 0. The number of hydrogen-bond donors (Lipinski definition) is 4. The average molecular weight is 275 g/mol. The molecule has 6 heteroatoms. The Bertz CT molecular complexity index is 141. The standard InChI is InChI=1S/2C5H11NO.2ClH/c2*1-4-5(7)2-3-6-4;;/h2*4-7H,2-3H2,1H3;2*1H/t2*4-,5-;;/m10../s1. The fraction of sp³-hybridized carbons (Fsp3) is 1.00. The van der Waals surface area contributed by atoms with Crippen molar-refractivity contribution in [2.45, 2.75) is 51.0 Å². The summed E-state index contributed by atoms with van der Waals surface area (Å²) in [5.41, 5.74) is 0. The number of aliphatic hydroxyl groups excluding tert-OH is 2. The summed E-state index contributed by atoms with van der Waals surface area (Å²) in [6, 6.07) is 0.639. The van der Waals surface area contributed by atoms with Crippen LogP contribution >= 0.6 is 24.8 Å². The van der Waals surface area contributed by atoms with Crippen LogP contribution in [0.4, 0.5) is 0 Å². The van der Waals surface area contributed by atoms with E-state index >= 15 is 0 Å². The maximum absolute atomic E-state index is 8.94. The molecular formula is C10H24Cl2N2O2. The highest BCUT2D eigenvalue weighted by atomic mass is 35.5. The van der Waals surface area contributed by atoms with Crippen LogP contribution in [-0.4, -0.2) is 47.6 Å². The third-order valence-corrected chi connectivity index (χ3v) is 2.97. The van der Waals surface area contributed by atoms with Crippen LogP contribution in [0.3, 0.4) is 0 Å². The lowest BCUT2D eigenvalue weighted by atomic mass is 10.2. The van der Waals surface area contributed by atoms with Crippen molar-refractivity contribution in [1.29, 1.82) is 0 Å². The molecule has 2 aliphatic heterocycles. The maximum Gasteiger partial charge on any atom is 0.0702 e. The van der Waals surface area contributed by atoms with Crippen LogP contribution in [0.1, 0.15) is 26.7 Å². The lowest BCUT2D eigenvalue weighted by Gasteiger charge is -2.04. The Kier molecular flexibility index (Phi) is 11.1. The number of nitrogens with one attached hydrogen (secondary N) is 2. The molecule has 0 unspecified atom stereocenters. The van der Waals surface area contributed by atoms with E-state index < -0.39 is 0 Å². The Morgan fingerprint density at radius 2 is 1.12 bits per heavy atom. The Labute approximate surface area is 110 Å². The van der Waals surface area contributed by atoms with Crippen LogP contribution in [0, 0.1) is 0 Å². The van der Waals surface area contributed by atoms with E-state index in [2.05, 4.69) is 10.6 Å². The van der Waals surface area contributed by atoms with Gasteiger partial charge in [-0.05, 0) is 39.8 Å². The molecule has 2 saturated heterocycles. The van der Waals surface area contributed by atoms with Gasteiger partial charge in [0.05, 0.1) is 12.2 Å². The second-order valence-electron chi connectivity index (χ2n) is 4.20. The number of hydrogen-bond acceptors (Lipinski definition) is 4. The highest BCUT2D eigenvalue weighted by Gasteiger charge is 2.19. The molecule has 2 heterocycles. The first-order valence-corrected chi connectivity index (χ1v) is 5.44. The van der Waals surface area contributed by atoms with Crippen molar-refractivity contribution in [2.75, 3.05) is 13.1 Å². The van der Waals surface area contributed by atoms with Crippen molar-refractivity contribution in [1.82, 2.24) is 10.6 Å². The summed E-state index contributed by atoms with van der Waals surface area (Å²) in [6.07, 6.45) is 1.64. The minimum absolute atomic E-state index is 0. The normalized spacial score (nSPS) is 36.8. The lowest BCUT2D eigenvalue weighted by Crippen LogP contribution is -2.25. The molecule has 4 N–H and O–H groups in total. The molecular weight excluding hydrogens is 251 g/mol. The molecule has 0 aromatic carbocycles. The molecule has 100 valence electrons. The van der Waals surface area contributed by atoms with Crippen molar-refractivity contribution in [3.05, 3.63) is 0 Å². The van der Waals surface area contributed by atoms with Gasteiger partial charge in [0.2, 0.25) is 0 Å². The first-order valence-electron chi connectivity index (χ1n) is 5.44. The van der Waals surface area contributed by atoms with E-state index in [0.29, 0.717) is 12.1 Å². The molecule has 0 amide bonds. The highest BCUT2D eigenvalue weighted by molar-refractivity contribution is 5.85. The van der Waals surface area contributed by atoms with Gasteiger partial charge in [-0.15, -0.1) is 24.8 Å². The SMILES string of the molecule is C[C@@H]1NCC[C@@H]1O.C[C@H]1NCC[C@H]1O.Cl.Cl. The minimum Gasteiger partial charge on any atom is -0.391 e. The zero-order chi connectivity index (χ0) is 10.6. The van der Waals surface area contributed by atoms with Gasteiger partial charge in [-0.1, -0.05) is 0 Å². The third kappa shape index (κ3) is 6.23. The van der Waals surface area contributed by atoms with E-state index in [0.717, 1.165) is 25.9 Å². The third-order valence-electron chi connectivity index (χ3n) is 2.97. The second-order valence-corrected chi connectivity index (χ2v) is 4.20. The van der Waals surface area contributed by atoms with E-state index in [1.165, 1.54) is 0 Å². The largest absolute Gasteiger partial charge is 0.391 e. The number of aliphatic hydroxyl groups is 2. The van der Waals surface area contributed by atoms with E-state index in [-0.39, 0.29) is 37.0 Å².